The number of rotatable bonds is 5. The predicted octanol–water partition coefficient (Wildman–Crippen LogP) is 2.34. The summed E-state index contributed by atoms with van der Waals surface area (Å²) in [6, 6.07) is 11.0. The fourth-order valence-electron chi connectivity index (χ4n) is 2.02. The number of carbonyl (C=O) groups excluding carboxylic acids is 1. The van der Waals surface area contributed by atoms with Gasteiger partial charge in [-0.1, -0.05) is 12.1 Å². The lowest BCUT2D eigenvalue weighted by atomic mass is 10.1. The molecule has 0 aromatic heterocycles. The van der Waals surface area contributed by atoms with Crippen molar-refractivity contribution in [2.24, 2.45) is 5.10 Å². The summed E-state index contributed by atoms with van der Waals surface area (Å²) in [6.07, 6.45) is 0. The second kappa shape index (κ2) is 7.23. The van der Waals surface area contributed by atoms with Crippen LogP contribution < -0.4 is 15.9 Å². The van der Waals surface area contributed by atoms with Gasteiger partial charge in [-0.05, 0) is 31.2 Å². The average molecular weight is 328 g/mol. The molecule has 2 aromatic carbocycles. The van der Waals surface area contributed by atoms with Crippen LogP contribution in [0.4, 0.5) is 11.4 Å². The van der Waals surface area contributed by atoms with Gasteiger partial charge in [-0.25, -0.2) is 5.43 Å². The summed E-state index contributed by atoms with van der Waals surface area (Å²) in [6.45, 7) is 1.63. The van der Waals surface area contributed by atoms with Gasteiger partial charge >= 0.3 is 5.69 Å². The zero-order valence-electron chi connectivity index (χ0n) is 13.1. The maximum atomic E-state index is 12.1. The SMILES string of the molecule is COc1ccc(/C(C)=N/NC(=O)c2ccccc2N)cc1[N+](=O)[O-]. The molecule has 0 aliphatic heterocycles. The minimum atomic E-state index is -0.543. The van der Waals surface area contributed by atoms with E-state index in [1.54, 1.807) is 37.3 Å². The van der Waals surface area contributed by atoms with Gasteiger partial charge in [0.05, 0.1) is 23.3 Å². The molecule has 0 heterocycles. The van der Waals surface area contributed by atoms with E-state index in [-0.39, 0.29) is 11.4 Å². The van der Waals surface area contributed by atoms with E-state index in [2.05, 4.69) is 10.5 Å². The van der Waals surface area contributed by atoms with E-state index in [1.165, 1.54) is 19.2 Å². The van der Waals surface area contributed by atoms with E-state index in [0.29, 0.717) is 22.5 Å². The van der Waals surface area contributed by atoms with Gasteiger partial charge in [0.15, 0.2) is 5.75 Å². The first-order valence-electron chi connectivity index (χ1n) is 6.96. The van der Waals surface area contributed by atoms with Gasteiger partial charge in [0, 0.05) is 17.3 Å². The summed E-state index contributed by atoms with van der Waals surface area (Å²) < 4.78 is 4.95. The Hall–Kier alpha value is -3.42. The van der Waals surface area contributed by atoms with Crippen molar-refractivity contribution in [1.29, 1.82) is 0 Å². The number of nitrogens with zero attached hydrogens (tertiary/aromatic N) is 2. The molecule has 0 aliphatic carbocycles. The van der Waals surface area contributed by atoms with Crippen LogP contribution in [0.5, 0.6) is 5.75 Å². The molecule has 0 aliphatic rings. The lowest BCUT2D eigenvalue weighted by Crippen LogP contribution is -2.20. The molecule has 0 spiro atoms. The number of hydrazone groups is 1. The van der Waals surface area contributed by atoms with Crippen molar-refractivity contribution in [3.8, 4) is 5.75 Å². The summed E-state index contributed by atoms with van der Waals surface area (Å²) in [4.78, 5) is 22.6. The van der Waals surface area contributed by atoms with E-state index >= 15 is 0 Å². The molecule has 8 nitrogen and oxygen atoms in total. The summed E-state index contributed by atoms with van der Waals surface area (Å²) in [7, 11) is 1.35. The monoisotopic (exact) mass is 328 g/mol. The van der Waals surface area contributed by atoms with Crippen molar-refractivity contribution >= 4 is 23.0 Å². The molecule has 0 bridgehead atoms. The first kappa shape index (κ1) is 16.9. The van der Waals surface area contributed by atoms with Crippen molar-refractivity contribution in [3.05, 3.63) is 63.7 Å². The number of ether oxygens (including phenoxy) is 1. The topological polar surface area (TPSA) is 120 Å². The number of nitro benzene ring substituents is 1. The van der Waals surface area contributed by atoms with Gasteiger partial charge < -0.3 is 10.5 Å². The molecule has 0 saturated heterocycles. The Morgan fingerprint density at radius 3 is 2.62 bits per heavy atom. The Morgan fingerprint density at radius 2 is 2.00 bits per heavy atom. The maximum Gasteiger partial charge on any atom is 0.311 e. The van der Waals surface area contributed by atoms with Gasteiger partial charge in [0.1, 0.15) is 0 Å². The third-order valence-electron chi connectivity index (χ3n) is 3.32. The van der Waals surface area contributed by atoms with E-state index in [1.807, 2.05) is 0 Å². The average Bonchev–Trinajstić information content (AvgIpc) is 2.59. The molecule has 0 atom stereocenters. The van der Waals surface area contributed by atoms with E-state index in [4.69, 9.17) is 10.5 Å². The van der Waals surface area contributed by atoms with E-state index in [0.717, 1.165) is 0 Å². The van der Waals surface area contributed by atoms with E-state index < -0.39 is 10.8 Å². The molecule has 24 heavy (non-hydrogen) atoms. The maximum absolute atomic E-state index is 12.1. The molecule has 8 heteroatoms. The van der Waals surface area contributed by atoms with Gasteiger partial charge in [0.2, 0.25) is 0 Å². The van der Waals surface area contributed by atoms with Crippen LogP contribution in [0.25, 0.3) is 0 Å². The van der Waals surface area contributed by atoms with Crippen LogP contribution >= 0.6 is 0 Å². The molecular weight excluding hydrogens is 312 g/mol. The summed E-state index contributed by atoms with van der Waals surface area (Å²) in [5.41, 5.74) is 9.46. The van der Waals surface area contributed by atoms with Crippen molar-refractivity contribution in [2.75, 3.05) is 12.8 Å². The quantitative estimate of drug-likeness (QED) is 0.378. The van der Waals surface area contributed by atoms with Crippen LogP contribution in [0.15, 0.2) is 47.6 Å². The van der Waals surface area contributed by atoms with Crippen LogP contribution in [0.3, 0.4) is 0 Å². The highest BCUT2D eigenvalue weighted by Gasteiger charge is 2.16. The molecule has 0 saturated carbocycles. The molecule has 0 fully saturated rings. The molecule has 124 valence electrons. The molecule has 3 N–H and O–H groups in total. The second-order valence-corrected chi connectivity index (χ2v) is 4.87. The van der Waals surface area contributed by atoms with Crippen molar-refractivity contribution in [2.45, 2.75) is 6.92 Å². The number of anilines is 1. The fourth-order valence-corrected chi connectivity index (χ4v) is 2.02. The largest absolute Gasteiger partial charge is 0.490 e. The number of para-hydroxylation sites is 1. The summed E-state index contributed by atoms with van der Waals surface area (Å²) >= 11 is 0. The Morgan fingerprint density at radius 1 is 1.29 bits per heavy atom. The zero-order valence-corrected chi connectivity index (χ0v) is 13.1. The Bertz CT molecular complexity index is 817. The van der Waals surface area contributed by atoms with Crippen molar-refractivity contribution < 1.29 is 14.5 Å². The molecular formula is C16H16N4O4. The van der Waals surface area contributed by atoms with Gasteiger partial charge in [-0.15, -0.1) is 0 Å². The minimum absolute atomic E-state index is 0.151. The standard InChI is InChI=1S/C16H16N4O4/c1-10(11-7-8-15(24-2)14(9-11)20(22)23)18-19-16(21)12-5-3-4-6-13(12)17/h3-9H,17H2,1-2H3,(H,19,21)/b18-10+. The highest BCUT2D eigenvalue weighted by Crippen LogP contribution is 2.27. The number of nitrogen functional groups attached to an aromatic ring is 1. The number of hydrogen-bond donors (Lipinski definition) is 2. The minimum Gasteiger partial charge on any atom is -0.490 e. The third kappa shape index (κ3) is 3.67. The Labute approximate surface area is 138 Å². The fraction of sp³-hybridized carbons (Fsp3) is 0.125. The van der Waals surface area contributed by atoms with Crippen LogP contribution in [0.2, 0.25) is 0 Å². The molecule has 0 radical (unpaired) electrons. The van der Waals surface area contributed by atoms with E-state index in [9.17, 15) is 14.9 Å². The number of nitro groups is 1. The lowest BCUT2D eigenvalue weighted by Gasteiger charge is -2.06. The van der Waals surface area contributed by atoms with Crippen LogP contribution in [-0.2, 0) is 0 Å². The highest BCUT2D eigenvalue weighted by molar-refractivity contribution is 6.02. The number of carbonyl (C=O) groups is 1. The Balaban J connectivity index is 2.22. The number of hydrogen-bond acceptors (Lipinski definition) is 6. The number of nitrogens with two attached hydrogens (primary N) is 1. The summed E-state index contributed by atoms with van der Waals surface area (Å²) in [5.74, 6) is -0.312. The van der Waals surface area contributed by atoms with Crippen molar-refractivity contribution in [3.63, 3.8) is 0 Å². The number of methoxy groups -OCH3 is 1. The van der Waals surface area contributed by atoms with Gasteiger partial charge in [-0.2, -0.15) is 5.10 Å². The van der Waals surface area contributed by atoms with Gasteiger partial charge in [-0.3, -0.25) is 14.9 Å². The highest BCUT2D eigenvalue weighted by atomic mass is 16.6. The number of nitrogens with one attached hydrogen (secondary N) is 1. The number of benzene rings is 2. The first-order chi connectivity index (χ1) is 11.4. The van der Waals surface area contributed by atoms with Crippen LogP contribution in [-0.4, -0.2) is 23.7 Å². The summed E-state index contributed by atoms with van der Waals surface area (Å²) in [5, 5.41) is 15.0. The van der Waals surface area contributed by atoms with Gasteiger partial charge in [0.25, 0.3) is 5.91 Å². The number of amides is 1. The Kier molecular flexibility index (Phi) is 5.10. The molecule has 0 unspecified atom stereocenters. The smallest absolute Gasteiger partial charge is 0.311 e. The second-order valence-electron chi connectivity index (χ2n) is 4.87. The third-order valence-corrected chi connectivity index (χ3v) is 3.32. The zero-order chi connectivity index (χ0) is 17.7. The lowest BCUT2D eigenvalue weighted by molar-refractivity contribution is -0.385. The predicted molar refractivity (Wildman–Crippen MR) is 90.2 cm³/mol. The molecule has 2 aromatic rings. The molecule has 1 amide bonds. The van der Waals surface area contributed by atoms with Crippen molar-refractivity contribution in [1.82, 2.24) is 5.43 Å². The normalized spacial score (nSPS) is 11.0. The molecule has 2 rings (SSSR count). The van der Waals surface area contributed by atoms with Crippen LogP contribution in [0, 0.1) is 10.1 Å². The first-order valence-corrected chi connectivity index (χ1v) is 6.96. The van der Waals surface area contributed by atoms with Crippen LogP contribution in [0.1, 0.15) is 22.8 Å².